The minimum atomic E-state index is -4.10. The van der Waals surface area contributed by atoms with Crippen LogP contribution in [0.15, 0.2) is 12.1 Å². The summed E-state index contributed by atoms with van der Waals surface area (Å²) in [6.07, 6.45) is 0.00672. The van der Waals surface area contributed by atoms with Crippen LogP contribution in [0.3, 0.4) is 0 Å². The van der Waals surface area contributed by atoms with Gasteiger partial charge in [0.15, 0.2) is 0 Å². The minimum absolute atomic E-state index is 0.00672. The van der Waals surface area contributed by atoms with Crippen LogP contribution in [0.5, 0.6) is 0 Å². The van der Waals surface area contributed by atoms with Crippen LogP contribution in [0.1, 0.15) is 30.0 Å². The normalized spacial score (nSPS) is 11.1. The molecule has 0 aromatic heterocycles. The maximum absolute atomic E-state index is 11.6. The fourth-order valence-electron chi connectivity index (χ4n) is 1.67. The zero-order valence-electron chi connectivity index (χ0n) is 10.9. The molecule has 0 saturated heterocycles. The number of aryl methyl sites for hydroxylation is 3. The van der Waals surface area contributed by atoms with Crippen LogP contribution in [0.2, 0.25) is 0 Å². The summed E-state index contributed by atoms with van der Waals surface area (Å²) in [4.78, 5) is 11.0. The van der Waals surface area contributed by atoms with E-state index >= 15 is 0 Å². The van der Waals surface area contributed by atoms with Crippen LogP contribution < -0.4 is 4.72 Å². The third-order valence-corrected chi connectivity index (χ3v) is 3.25. The Kier molecular flexibility index (Phi) is 4.34. The zero-order chi connectivity index (χ0) is 13.9. The van der Waals surface area contributed by atoms with E-state index in [4.69, 9.17) is 0 Å². The Hall–Kier alpha value is -1.56. The van der Waals surface area contributed by atoms with Gasteiger partial charge in [0.2, 0.25) is 0 Å². The Morgan fingerprint density at radius 1 is 1.22 bits per heavy atom. The van der Waals surface area contributed by atoms with E-state index in [0.717, 1.165) is 16.7 Å². The van der Waals surface area contributed by atoms with Crippen molar-refractivity contribution >= 4 is 22.0 Å². The number of nitrogens with one attached hydrogen (secondary N) is 1. The van der Waals surface area contributed by atoms with Crippen molar-refractivity contribution in [3.05, 3.63) is 28.8 Å². The topological polar surface area (TPSA) is 72.5 Å². The SMILES string of the molecule is CCC(=O)OS(=O)(=O)Nc1c(C)cc(C)cc1C. The number of carbonyl (C=O) groups is 1. The Morgan fingerprint density at radius 3 is 2.17 bits per heavy atom. The Labute approximate surface area is 107 Å². The molecule has 1 aromatic carbocycles. The molecular formula is C12H17NO4S. The molecule has 0 aliphatic carbocycles. The van der Waals surface area contributed by atoms with Crippen molar-refractivity contribution in [1.29, 1.82) is 0 Å². The predicted molar refractivity (Wildman–Crippen MR) is 69.6 cm³/mol. The van der Waals surface area contributed by atoms with Gasteiger partial charge in [-0.2, -0.15) is 8.42 Å². The van der Waals surface area contributed by atoms with Gasteiger partial charge in [-0.15, -0.1) is 0 Å². The van der Waals surface area contributed by atoms with Gasteiger partial charge in [0.25, 0.3) is 0 Å². The van der Waals surface area contributed by atoms with Gasteiger partial charge >= 0.3 is 16.3 Å². The quantitative estimate of drug-likeness (QED) is 0.911. The highest BCUT2D eigenvalue weighted by Crippen LogP contribution is 2.23. The van der Waals surface area contributed by atoms with Gasteiger partial charge in [0.1, 0.15) is 0 Å². The Morgan fingerprint density at radius 2 is 1.72 bits per heavy atom. The van der Waals surface area contributed by atoms with Crippen molar-refractivity contribution in [1.82, 2.24) is 0 Å². The Balaban J connectivity index is 3.01. The second-order valence-electron chi connectivity index (χ2n) is 4.14. The van der Waals surface area contributed by atoms with Gasteiger partial charge in [-0.05, 0) is 31.9 Å². The molecule has 100 valence electrons. The van der Waals surface area contributed by atoms with Gasteiger partial charge in [0.05, 0.1) is 5.69 Å². The van der Waals surface area contributed by atoms with Crippen LogP contribution in [-0.2, 0) is 19.3 Å². The zero-order valence-corrected chi connectivity index (χ0v) is 11.7. The van der Waals surface area contributed by atoms with Gasteiger partial charge in [-0.3, -0.25) is 9.52 Å². The summed E-state index contributed by atoms with van der Waals surface area (Å²) < 4.78 is 29.8. The van der Waals surface area contributed by atoms with Gasteiger partial charge in [-0.25, -0.2) is 0 Å². The van der Waals surface area contributed by atoms with Gasteiger partial charge in [-0.1, -0.05) is 24.6 Å². The third-order valence-electron chi connectivity index (χ3n) is 2.40. The molecule has 0 fully saturated rings. The number of anilines is 1. The monoisotopic (exact) mass is 271 g/mol. The molecule has 0 aliphatic heterocycles. The molecular weight excluding hydrogens is 254 g/mol. The van der Waals surface area contributed by atoms with E-state index in [1.165, 1.54) is 6.92 Å². The molecule has 18 heavy (non-hydrogen) atoms. The molecule has 0 aliphatic rings. The largest absolute Gasteiger partial charge is 0.410 e. The smallest absolute Gasteiger partial charge is 0.330 e. The molecule has 5 nitrogen and oxygen atoms in total. The number of benzene rings is 1. The second-order valence-corrected chi connectivity index (χ2v) is 5.42. The number of rotatable bonds is 4. The van der Waals surface area contributed by atoms with Crippen molar-refractivity contribution in [2.75, 3.05) is 4.72 Å². The summed E-state index contributed by atoms with van der Waals surface area (Å²) in [6, 6.07) is 3.71. The standard InChI is InChI=1S/C12H17NO4S/c1-5-11(14)17-18(15,16)13-12-9(3)6-8(2)7-10(12)4/h6-7,13H,5H2,1-4H3. The lowest BCUT2D eigenvalue weighted by molar-refractivity contribution is -0.133. The number of carbonyl (C=O) groups excluding carboxylic acids is 1. The summed E-state index contributed by atoms with van der Waals surface area (Å²) in [5, 5.41) is 0. The molecule has 0 saturated carbocycles. The minimum Gasteiger partial charge on any atom is -0.330 e. The van der Waals surface area contributed by atoms with E-state index in [1.807, 2.05) is 19.1 Å². The molecule has 6 heteroatoms. The van der Waals surface area contributed by atoms with Crippen molar-refractivity contribution in [3.8, 4) is 0 Å². The number of hydrogen-bond donors (Lipinski definition) is 1. The Bertz CT molecular complexity index is 540. The number of hydrogen-bond acceptors (Lipinski definition) is 4. The second kappa shape index (κ2) is 5.39. The lowest BCUT2D eigenvalue weighted by Gasteiger charge is -2.13. The molecule has 0 atom stereocenters. The van der Waals surface area contributed by atoms with Gasteiger partial charge in [0, 0.05) is 6.42 Å². The van der Waals surface area contributed by atoms with E-state index < -0.39 is 16.3 Å². The van der Waals surface area contributed by atoms with Crippen LogP contribution in [-0.4, -0.2) is 14.4 Å². The van der Waals surface area contributed by atoms with E-state index in [9.17, 15) is 13.2 Å². The van der Waals surface area contributed by atoms with Crippen molar-refractivity contribution < 1.29 is 17.4 Å². The molecule has 1 aromatic rings. The fourth-order valence-corrected chi connectivity index (χ4v) is 2.64. The molecule has 0 amide bonds. The first-order valence-corrected chi connectivity index (χ1v) is 6.99. The summed E-state index contributed by atoms with van der Waals surface area (Å²) in [7, 11) is -4.10. The van der Waals surface area contributed by atoms with E-state index in [1.54, 1.807) is 13.8 Å². The molecule has 0 spiro atoms. The fraction of sp³-hybridized carbons (Fsp3) is 0.417. The molecule has 0 radical (unpaired) electrons. The highest BCUT2D eigenvalue weighted by atomic mass is 32.2. The van der Waals surface area contributed by atoms with Crippen LogP contribution in [0, 0.1) is 20.8 Å². The summed E-state index contributed by atoms with van der Waals surface area (Å²) in [5.41, 5.74) is 3.05. The average Bonchev–Trinajstić information content (AvgIpc) is 2.22. The average molecular weight is 271 g/mol. The van der Waals surface area contributed by atoms with Crippen molar-refractivity contribution in [2.24, 2.45) is 0 Å². The first kappa shape index (κ1) is 14.5. The lowest BCUT2D eigenvalue weighted by atomic mass is 10.1. The summed E-state index contributed by atoms with van der Waals surface area (Å²) in [6.45, 7) is 7.04. The van der Waals surface area contributed by atoms with E-state index in [-0.39, 0.29) is 6.42 Å². The molecule has 0 heterocycles. The molecule has 0 unspecified atom stereocenters. The maximum atomic E-state index is 11.6. The van der Waals surface area contributed by atoms with Crippen molar-refractivity contribution in [2.45, 2.75) is 34.1 Å². The first-order chi connectivity index (χ1) is 8.25. The summed E-state index contributed by atoms with van der Waals surface area (Å²) in [5.74, 6) is -0.787. The maximum Gasteiger partial charge on any atom is 0.410 e. The van der Waals surface area contributed by atoms with Crippen molar-refractivity contribution in [3.63, 3.8) is 0 Å². The van der Waals surface area contributed by atoms with Gasteiger partial charge < -0.3 is 4.18 Å². The van der Waals surface area contributed by atoms with E-state index in [0.29, 0.717) is 5.69 Å². The van der Waals surface area contributed by atoms with Crippen LogP contribution >= 0.6 is 0 Å². The highest BCUT2D eigenvalue weighted by Gasteiger charge is 2.18. The molecule has 0 bridgehead atoms. The van der Waals surface area contributed by atoms with E-state index in [2.05, 4.69) is 8.91 Å². The highest BCUT2D eigenvalue weighted by molar-refractivity contribution is 7.88. The molecule has 1 rings (SSSR count). The van der Waals surface area contributed by atoms with Crippen LogP contribution in [0.4, 0.5) is 5.69 Å². The third kappa shape index (κ3) is 3.73. The predicted octanol–water partition coefficient (Wildman–Crippen LogP) is 2.22. The summed E-state index contributed by atoms with van der Waals surface area (Å²) >= 11 is 0. The van der Waals surface area contributed by atoms with Crippen LogP contribution in [0.25, 0.3) is 0 Å². The molecule has 1 N–H and O–H groups in total. The first-order valence-electron chi connectivity index (χ1n) is 5.58. The lowest BCUT2D eigenvalue weighted by Crippen LogP contribution is -2.20.